The predicted molar refractivity (Wildman–Crippen MR) is 113 cm³/mol. The van der Waals surface area contributed by atoms with Crippen LogP contribution in [0.1, 0.15) is 26.3 Å². The monoisotopic (exact) mass is 369 g/mol. The summed E-state index contributed by atoms with van der Waals surface area (Å²) in [6.45, 7) is 6.66. The lowest BCUT2D eigenvalue weighted by atomic mass is 9.82. The fraction of sp³-hybridized carbons (Fsp3) is 0.160. The SMILES string of the molecule is CC(C)(C)c1cc(-c2nccc3c2oc2cc(F)ccc23)cc2ccccc12. The molecule has 2 nitrogen and oxygen atoms in total. The quantitative estimate of drug-likeness (QED) is 0.311. The molecule has 28 heavy (non-hydrogen) atoms. The Morgan fingerprint density at radius 1 is 0.857 bits per heavy atom. The van der Waals surface area contributed by atoms with Gasteiger partial charge in [0.25, 0.3) is 0 Å². The maximum absolute atomic E-state index is 13.7. The highest BCUT2D eigenvalue weighted by atomic mass is 19.1. The number of aromatic nitrogens is 1. The molecule has 138 valence electrons. The minimum atomic E-state index is -0.304. The van der Waals surface area contributed by atoms with Gasteiger partial charge in [0.15, 0.2) is 5.58 Å². The topological polar surface area (TPSA) is 26.0 Å². The third-order valence-electron chi connectivity index (χ3n) is 5.29. The summed E-state index contributed by atoms with van der Waals surface area (Å²) in [5, 5.41) is 4.27. The molecular formula is C25H20FNO. The number of fused-ring (bicyclic) bond motifs is 4. The summed E-state index contributed by atoms with van der Waals surface area (Å²) in [6, 6.07) is 19.4. The van der Waals surface area contributed by atoms with Crippen molar-refractivity contribution in [2.24, 2.45) is 0 Å². The number of benzene rings is 3. The van der Waals surface area contributed by atoms with Crippen molar-refractivity contribution < 1.29 is 8.81 Å². The van der Waals surface area contributed by atoms with Crippen LogP contribution in [-0.4, -0.2) is 4.98 Å². The second-order valence-corrected chi connectivity index (χ2v) is 8.27. The van der Waals surface area contributed by atoms with Gasteiger partial charge in [0.1, 0.15) is 17.1 Å². The van der Waals surface area contributed by atoms with Gasteiger partial charge >= 0.3 is 0 Å². The van der Waals surface area contributed by atoms with E-state index in [2.05, 4.69) is 62.2 Å². The zero-order chi connectivity index (χ0) is 19.5. The van der Waals surface area contributed by atoms with Gasteiger partial charge < -0.3 is 4.42 Å². The molecule has 0 saturated carbocycles. The first-order chi connectivity index (χ1) is 13.4. The Labute approximate surface area is 162 Å². The predicted octanol–water partition coefficient (Wildman–Crippen LogP) is 7.24. The van der Waals surface area contributed by atoms with Crippen molar-refractivity contribution in [3.63, 3.8) is 0 Å². The number of hydrogen-bond acceptors (Lipinski definition) is 2. The van der Waals surface area contributed by atoms with E-state index in [0.29, 0.717) is 11.2 Å². The first-order valence-corrected chi connectivity index (χ1v) is 9.42. The summed E-state index contributed by atoms with van der Waals surface area (Å²) in [5.74, 6) is -0.304. The van der Waals surface area contributed by atoms with Crippen LogP contribution in [0.15, 0.2) is 71.3 Å². The molecule has 0 aliphatic heterocycles. The molecule has 3 heteroatoms. The highest BCUT2D eigenvalue weighted by Crippen LogP contribution is 2.38. The van der Waals surface area contributed by atoms with E-state index in [9.17, 15) is 4.39 Å². The van der Waals surface area contributed by atoms with E-state index in [-0.39, 0.29) is 11.2 Å². The molecule has 0 spiro atoms. The molecule has 0 unspecified atom stereocenters. The summed E-state index contributed by atoms with van der Waals surface area (Å²) in [7, 11) is 0. The molecule has 5 aromatic rings. The second-order valence-electron chi connectivity index (χ2n) is 8.27. The van der Waals surface area contributed by atoms with Crippen molar-refractivity contribution in [3.8, 4) is 11.3 Å². The highest BCUT2D eigenvalue weighted by molar-refractivity contribution is 6.09. The van der Waals surface area contributed by atoms with Gasteiger partial charge in [-0.3, -0.25) is 4.98 Å². The van der Waals surface area contributed by atoms with Crippen molar-refractivity contribution >= 4 is 32.7 Å². The third kappa shape index (κ3) is 2.58. The summed E-state index contributed by atoms with van der Waals surface area (Å²) < 4.78 is 19.7. The van der Waals surface area contributed by atoms with E-state index in [0.717, 1.165) is 22.0 Å². The van der Waals surface area contributed by atoms with E-state index < -0.39 is 0 Å². The van der Waals surface area contributed by atoms with Gasteiger partial charge in [0, 0.05) is 28.6 Å². The number of hydrogen-bond donors (Lipinski definition) is 0. The van der Waals surface area contributed by atoms with Gasteiger partial charge in [-0.05, 0) is 52.1 Å². The Balaban J connectivity index is 1.85. The molecule has 0 bridgehead atoms. The lowest BCUT2D eigenvalue weighted by Crippen LogP contribution is -2.12. The van der Waals surface area contributed by atoms with E-state index in [4.69, 9.17) is 4.42 Å². The van der Waals surface area contributed by atoms with Gasteiger partial charge in [-0.1, -0.05) is 45.0 Å². The minimum Gasteiger partial charge on any atom is -0.454 e. The number of halogens is 1. The average molecular weight is 369 g/mol. The Kier molecular flexibility index (Phi) is 3.57. The Morgan fingerprint density at radius 2 is 1.68 bits per heavy atom. The summed E-state index contributed by atoms with van der Waals surface area (Å²) in [6.07, 6.45) is 1.79. The first kappa shape index (κ1) is 16.9. The molecule has 0 aliphatic rings. The van der Waals surface area contributed by atoms with Crippen LogP contribution in [0.4, 0.5) is 4.39 Å². The molecule has 0 N–H and O–H groups in total. The van der Waals surface area contributed by atoms with Crippen LogP contribution in [0.25, 0.3) is 44.0 Å². The second kappa shape index (κ2) is 5.90. The molecule has 0 atom stereocenters. The fourth-order valence-corrected chi connectivity index (χ4v) is 3.95. The van der Waals surface area contributed by atoms with Crippen molar-refractivity contribution in [3.05, 3.63) is 78.2 Å². The van der Waals surface area contributed by atoms with E-state index in [1.807, 2.05) is 6.07 Å². The first-order valence-electron chi connectivity index (χ1n) is 9.42. The van der Waals surface area contributed by atoms with Crippen LogP contribution in [0, 0.1) is 5.82 Å². The van der Waals surface area contributed by atoms with Gasteiger partial charge in [-0.25, -0.2) is 4.39 Å². The Morgan fingerprint density at radius 3 is 2.50 bits per heavy atom. The fourth-order valence-electron chi connectivity index (χ4n) is 3.95. The van der Waals surface area contributed by atoms with Gasteiger partial charge in [0.2, 0.25) is 0 Å². The zero-order valence-electron chi connectivity index (χ0n) is 16.1. The summed E-state index contributed by atoms with van der Waals surface area (Å²) >= 11 is 0. The normalized spacial score (nSPS) is 12.3. The average Bonchev–Trinajstić information content (AvgIpc) is 3.03. The molecule has 0 saturated heterocycles. The minimum absolute atomic E-state index is 0.0134. The van der Waals surface area contributed by atoms with Crippen molar-refractivity contribution in [2.45, 2.75) is 26.2 Å². The number of nitrogens with zero attached hydrogens (tertiary/aromatic N) is 1. The van der Waals surface area contributed by atoms with E-state index in [1.54, 1.807) is 12.3 Å². The summed E-state index contributed by atoms with van der Waals surface area (Å²) in [5.41, 5.74) is 4.28. The molecule has 3 aromatic carbocycles. The smallest absolute Gasteiger partial charge is 0.161 e. The van der Waals surface area contributed by atoms with Crippen molar-refractivity contribution in [1.82, 2.24) is 4.98 Å². The van der Waals surface area contributed by atoms with Crippen molar-refractivity contribution in [1.29, 1.82) is 0 Å². The van der Waals surface area contributed by atoms with Crippen molar-refractivity contribution in [2.75, 3.05) is 0 Å². The standard InChI is InChI=1S/C25H20FNO/c1-25(2,3)21-13-16(12-15-6-4-5-7-18(15)21)23-24-20(10-11-27-23)19-9-8-17(26)14-22(19)28-24/h4-14H,1-3H3. The molecule has 5 rings (SSSR count). The number of furan rings is 1. The van der Waals surface area contributed by atoms with Crippen LogP contribution < -0.4 is 0 Å². The van der Waals surface area contributed by atoms with E-state index in [1.165, 1.54) is 28.5 Å². The molecule has 0 fully saturated rings. The lowest BCUT2D eigenvalue weighted by Gasteiger charge is -2.22. The number of rotatable bonds is 1. The van der Waals surface area contributed by atoms with E-state index >= 15 is 0 Å². The third-order valence-corrected chi connectivity index (χ3v) is 5.29. The lowest BCUT2D eigenvalue weighted by molar-refractivity contribution is 0.596. The van der Waals surface area contributed by atoms with Crippen LogP contribution >= 0.6 is 0 Å². The van der Waals surface area contributed by atoms with Gasteiger partial charge in [-0.15, -0.1) is 0 Å². The molecular weight excluding hydrogens is 349 g/mol. The molecule has 0 radical (unpaired) electrons. The zero-order valence-corrected chi connectivity index (χ0v) is 16.1. The maximum Gasteiger partial charge on any atom is 0.161 e. The summed E-state index contributed by atoms with van der Waals surface area (Å²) in [4.78, 5) is 4.64. The van der Waals surface area contributed by atoms with Gasteiger partial charge in [-0.2, -0.15) is 0 Å². The van der Waals surface area contributed by atoms with Crippen LogP contribution in [0.2, 0.25) is 0 Å². The highest BCUT2D eigenvalue weighted by Gasteiger charge is 2.20. The maximum atomic E-state index is 13.7. The largest absolute Gasteiger partial charge is 0.454 e. The Bertz CT molecular complexity index is 1360. The molecule has 2 aromatic heterocycles. The Hall–Kier alpha value is -3.20. The molecule has 0 aliphatic carbocycles. The molecule has 2 heterocycles. The molecule has 0 amide bonds. The van der Waals surface area contributed by atoms with Crippen LogP contribution in [0.3, 0.4) is 0 Å². The number of pyridine rings is 1. The van der Waals surface area contributed by atoms with Crippen LogP contribution in [-0.2, 0) is 5.41 Å². The van der Waals surface area contributed by atoms with Gasteiger partial charge in [0.05, 0.1) is 0 Å². The van der Waals surface area contributed by atoms with Crippen LogP contribution in [0.5, 0.6) is 0 Å².